The summed E-state index contributed by atoms with van der Waals surface area (Å²) < 4.78 is 5.60. The molecule has 0 aliphatic heterocycles. The molecule has 4 fully saturated rings. The van der Waals surface area contributed by atoms with E-state index in [1.54, 1.807) is 6.92 Å². The van der Waals surface area contributed by atoms with E-state index in [0.717, 1.165) is 43.4 Å². The Balaban J connectivity index is 1.59. The van der Waals surface area contributed by atoms with Gasteiger partial charge in [-0.3, -0.25) is 9.59 Å². The number of fused-ring (bicyclic) bond motifs is 5. The molecule has 5 nitrogen and oxygen atoms in total. The van der Waals surface area contributed by atoms with Crippen LogP contribution >= 0.6 is 0 Å². The first-order chi connectivity index (χ1) is 16.8. The van der Waals surface area contributed by atoms with Crippen molar-refractivity contribution in [2.45, 2.75) is 137 Å². The van der Waals surface area contributed by atoms with Crippen molar-refractivity contribution in [1.82, 2.24) is 5.32 Å². The smallest absolute Gasteiger partial charge is 0.302 e. The number of carbonyl (C=O) groups excluding carboxylic acids is 2. The van der Waals surface area contributed by atoms with Gasteiger partial charge >= 0.3 is 5.97 Å². The first-order valence-corrected chi connectivity index (χ1v) is 15.0. The number of aliphatic hydroxyl groups is 1. The van der Waals surface area contributed by atoms with Crippen molar-refractivity contribution in [3.63, 3.8) is 0 Å². The molecule has 36 heavy (non-hydrogen) atoms. The zero-order valence-electron chi connectivity index (χ0n) is 24.1. The first kappa shape index (κ1) is 27.9. The number of ether oxygens (including phenoxy) is 1. The van der Waals surface area contributed by atoms with E-state index in [0.29, 0.717) is 29.6 Å². The zero-order valence-corrected chi connectivity index (χ0v) is 24.1. The summed E-state index contributed by atoms with van der Waals surface area (Å²) in [4.78, 5) is 24.0. The Morgan fingerprint density at radius 1 is 1.00 bits per heavy atom. The molecule has 4 saturated carbocycles. The van der Waals surface area contributed by atoms with Crippen LogP contribution in [-0.2, 0) is 14.3 Å². The molecular formula is C31H53NO4. The third kappa shape index (κ3) is 4.76. The first-order valence-electron chi connectivity index (χ1n) is 15.0. The van der Waals surface area contributed by atoms with Gasteiger partial charge in [-0.15, -0.1) is 0 Å². The van der Waals surface area contributed by atoms with E-state index >= 15 is 0 Å². The van der Waals surface area contributed by atoms with Gasteiger partial charge in [0.05, 0.1) is 11.6 Å². The van der Waals surface area contributed by atoms with Crippen LogP contribution in [0.5, 0.6) is 0 Å². The Bertz CT molecular complexity index is 827. The van der Waals surface area contributed by atoms with Gasteiger partial charge in [-0.1, -0.05) is 53.9 Å². The fourth-order valence-electron chi connectivity index (χ4n) is 10.1. The van der Waals surface area contributed by atoms with Crippen LogP contribution in [0.2, 0.25) is 0 Å². The van der Waals surface area contributed by atoms with E-state index in [1.807, 2.05) is 0 Å². The van der Waals surface area contributed by atoms with E-state index in [9.17, 15) is 14.7 Å². The van der Waals surface area contributed by atoms with Gasteiger partial charge in [-0.2, -0.15) is 0 Å². The lowest BCUT2D eigenvalue weighted by molar-refractivity contribution is -0.236. The molecule has 0 bridgehead atoms. The van der Waals surface area contributed by atoms with Gasteiger partial charge in [0, 0.05) is 25.7 Å². The standard InChI is InChI=1S/C31H53NO4/c1-19(2)9-8-10-20(3)25-11-12-26-24-17-28(32-21(4)33)31(35)18-23(36-22(5)34)13-16-30(31,7)27(24)14-15-29(25,26)6/h19-20,23-28,35H,8-18H2,1-7H3,(H,32,33)/t20-,23+,24+,25-,26+,27+,28-,29-,30-,31+/m1/s1. The SMILES string of the molecule is CC(=O)N[C@@H]1C[C@H]2[C@@H]3CC[C@H]([C@H](C)CCCC(C)C)[C@@]3(C)CC[C@@H]2[C@@]2(C)CC[C@H](OC(C)=O)C[C@]12O. The minimum absolute atomic E-state index is 0.0783. The van der Waals surface area contributed by atoms with Crippen molar-refractivity contribution < 1.29 is 19.4 Å². The molecule has 206 valence electrons. The Morgan fingerprint density at radius 2 is 1.72 bits per heavy atom. The highest BCUT2D eigenvalue weighted by Crippen LogP contribution is 2.69. The summed E-state index contributed by atoms with van der Waals surface area (Å²) in [5, 5.41) is 15.6. The van der Waals surface area contributed by atoms with Gasteiger partial charge < -0.3 is 15.2 Å². The van der Waals surface area contributed by atoms with Gasteiger partial charge in [0.25, 0.3) is 0 Å². The summed E-state index contributed by atoms with van der Waals surface area (Å²) in [5.74, 6) is 3.61. The van der Waals surface area contributed by atoms with Crippen LogP contribution in [-0.4, -0.2) is 34.7 Å². The van der Waals surface area contributed by atoms with Crippen LogP contribution in [0.4, 0.5) is 0 Å². The summed E-state index contributed by atoms with van der Waals surface area (Å²) in [6, 6.07) is -0.288. The summed E-state index contributed by atoms with van der Waals surface area (Å²) in [6.07, 6.45) is 11.7. The summed E-state index contributed by atoms with van der Waals surface area (Å²) in [7, 11) is 0. The van der Waals surface area contributed by atoms with E-state index in [-0.39, 0.29) is 29.4 Å². The molecule has 0 aromatic rings. The Labute approximate surface area is 219 Å². The highest BCUT2D eigenvalue weighted by Gasteiger charge is 2.68. The molecule has 0 unspecified atom stereocenters. The number of esters is 1. The third-order valence-electron chi connectivity index (χ3n) is 11.8. The monoisotopic (exact) mass is 503 g/mol. The molecule has 10 atom stereocenters. The molecule has 0 heterocycles. The minimum atomic E-state index is -1.05. The number of amides is 1. The lowest BCUT2D eigenvalue weighted by atomic mass is 9.42. The van der Waals surface area contributed by atoms with E-state index in [1.165, 1.54) is 45.4 Å². The van der Waals surface area contributed by atoms with Gasteiger partial charge in [0.15, 0.2) is 0 Å². The largest absolute Gasteiger partial charge is 0.462 e. The van der Waals surface area contributed by atoms with Gasteiger partial charge in [-0.25, -0.2) is 0 Å². The van der Waals surface area contributed by atoms with Crippen molar-refractivity contribution in [2.75, 3.05) is 0 Å². The average Bonchev–Trinajstić information content (AvgIpc) is 3.12. The lowest BCUT2D eigenvalue weighted by Crippen LogP contribution is -2.72. The highest BCUT2D eigenvalue weighted by molar-refractivity contribution is 5.73. The predicted molar refractivity (Wildman–Crippen MR) is 143 cm³/mol. The van der Waals surface area contributed by atoms with Gasteiger partial charge in [0.2, 0.25) is 5.91 Å². The molecule has 4 aliphatic carbocycles. The lowest BCUT2D eigenvalue weighted by Gasteiger charge is -2.66. The molecule has 4 aliphatic rings. The fraction of sp³-hybridized carbons (Fsp3) is 0.935. The van der Waals surface area contributed by atoms with Crippen molar-refractivity contribution in [1.29, 1.82) is 0 Å². The quantitative estimate of drug-likeness (QED) is 0.402. The number of hydrogen-bond acceptors (Lipinski definition) is 4. The van der Waals surface area contributed by atoms with Gasteiger partial charge in [0.1, 0.15) is 6.10 Å². The van der Waals surface area contributed by atoms with Crippen molar-refractivity contribution in [2.24, 2.45) is 46.3 Å². The molecular weight excluding hydrogens is 450 g/mol. The molecule has 0 aromatic heterocycles. The van der Waals surface area contributed by atoms with Crippen molar-refractivity contribution >= 4 is 11.9 Å². The number of nitrogens with one attached hydrogen (secondary N) is 1. The Kier molecular flexibility index (Phi) is 7.93. The Morgan fingerprint density at radius 3 is 2.36 bits per heavy atom. The molecule has 0 saturated heterocycles. The second-order valence-corrected chi connectivity index (χ2v) is 14.2. The summed E-state index contributed by atoms with van der Waals surface area (Å²) in [6.45, 7) is 15.0. The maximum Gasteiger partial charge on any atom is 0.302 e. The topological polar surface area (TPSA) is 75.6 Å². The van der Waals surface area contributed by atoms with Crippen LogP contribution in [0.15, 0.2) is 0 Å². The van der Waals surface area contributed by atoms with Crippen LogP contribution in [0.3, 0.4) is 0 Å². The van der Waals surface area contributed by atoms with Crippen LogP contribution in [0, 0.1) is 46.3 Å². The van der Waals surface area contributed by atoms with Crippen molar-refractivity contribution in [3.05, 3.63) is 0 Å². The number of rotatable bonds is 7. The average molecular weight is 504 g/mol. The predicted octanol–water partition coefficient (Wildman–Crippen LogP) is 6.27. The number of carbonyl (C=O) groups is 2. The molecule has 0 aromatic carbocycles. The second-order valence-electron chi connectivity index (χ2n) is 14.2. The Hall–Kier alpha value is -1.10. The van der Waals surface area contributed by atoms with E-state index in [2.05, 4.69) is 39.9 Å². The van der Waals surface area contributed by atoms with Crippen LogP contribution in [0.1, 0.15) is 119 Å². The molecule has 5 heteroatoms. The minimum Gasteiger partial charge on any atom is -0.462 e. The molecule has 2 N–H and O–H groups in total. The second kappa shape index (κ2) is 10.2. The van der Waals surface area contributed by atoms with E-state index in [4.69, 9.17) is 4.74 Å². The normalized spacial score (nSPS) is 44.8. The molecule has 1 amide bonds. The number of hydrogen-bond donors (Lipinski definition) is 2. The summed E-state index contributed by atoms with van der Waals surface area (Å²) in [5.41, 5.74) is -0.962. The third-order valence-corrected chi connectivity index (χ3v) is 11.8. The van der Waals surface area contributed by atoms with Gasteiger partial charge in [-0.05, 0) is 85.9 Å². The maximum absolute atomic E-state index is 12.4. The summed E-state index contributed by atoms with van der Waals surface area (Å²) >= 11 is 0. The maximum atomic E-state index is 12.4. The van der Waals surface area contributed by atoms with Crippen LogP contribution < -0.4 is 5.32 Å². The van der Waals surface area contributed by atoms with E-state index < -0.39 is 5.60 Å². The zero-order chi connectivity index (χ0) is 26.5. The van der Waals surface area contributed by atoms with Crippen molar-refractivity contribution in [3.8, 4) is 0 Å². The molecule has 4 rings (SSSR count). The molecule has 0 spiro atoms. The fourth-order valence-corrected chi connectivity index (χ4v) is 10.1. The molecule has 0 radical (unpaired) electrons. The van der Waals surface area contributed by atoms with Crippen LogP contribution in [0.25, 0.3) is 0 Å². The highest BCUT2D eigenvalue weighted by atomic mass is 16.5.